The van der Waals surface area contributed by atoms with E-state index in [2.05, 4.69) is 20.4 Å². The molecule has 4 heterocycles. The molecule has 0 radical (unpaired) electrons. The highest BCUT2D eigenvalue weighted by molar-refractivity contribution is 6.03. The minimum atomic E-state index is -0.314. The Hall–Kier alpha value is -3.00. The van der Waals surface area contributed by atoms with Crippen molar-refractivity contribution in [2.75, 3.05) is 18.5 Å². The maximum atomic E-state index is 12.2. The molecular weight excluding hydrogens is 322 g/mol. The maximum absolute atomic E-state index is 12.2. The third-order valence-corrected chi connectivity index (χ3v) is 3.92. The van der Waals surface area contributed by atoms with Gasteiger partial charge in [-0.15, -0.1) is 5.10 Å². The smallest absolute Gasteiger partial charge is 0.259 e. The van der Waals surface area contributed by atoms with Crippen molar-refractivity contribution in [3.8, 4) is 5.88 Å². The van der Waals surface area contributed by atoms with E-state index in [9.17, 15) is 4.79 Å². The standard InChI is InChI=1S/C17H17N5O3/c23-16(12-4-2-8-18-10-12)20-17-19-14-6-1-7-15(22(14)21-17)25-11-13-5-3-9-24-13/h1-2,4,6-8,10,13H,3,5,9,11H2,(H,20,21,23). The first-order valence-electron chi connectivity index (χ1n) is 8.11. The molecule has 0 aliphatic carbocycles. The van der Waals surface area contributed by atoms with E-state index in [1.165, 1.54) is 6.20 Å². The number of anilines is 1. The molecule has 1 aliphatic heterocycles. The quantitative estimate of drug-likeness (QED) is 0.764. The third kappa shape index (κ3) is 3.43. The Bertz CT molecular complexity index is 874. The van der Waals surface area contributed by atoms with Gasteiger partial charge in [-0.25, -0.2) is 0 Å². The monoisotopic (exact) mass is 339 g/mol. The van der Waals surface area contributed by atoms with Crippen LogP contribution in [0.3, 0.4) is 0 Å². The zero-order chi connectivity index (χ0) is 17.1. The molecule has 25 heavy (non-hydrogen) atoms. The molecule has 0 aromatic carbocycles. The molecule has 1 N–H and O–H groups in total. The summed E-state index contributed by atoms with van der Waals surface area (Å²) in [4.78, 5) is 20.4. The molecule has 1 saturated heterocycles. The molecule has 0 spiro atoms. The number of nitrogens with zero attached hydrogens (tertiary/aromatic N) is 4. The van der Waals surface area contributed by atoms with Crippen molar-refractivity contribution >= 4 is 17.5 Å². The lowest BCUT2D eigenvalue weighted by Crippen LogP contribution is -2.17. The Kier molecular flexibility index (Phi) is 4.26. The second-order valence-electron chi connectivity index (χ2n) is 5.71. The van der Waals surface area contributed by atoms with Gasteiger partial charge >= 0.3 is 0 Å². The summed E-state index contributed by atoms with van der Waals surface area (Å²) in [6, 6.07) is 8.81. The molecule has 3 aromatic heterocycles. The largest absolute Gasteiger partial charge is 0.475 e. The molecule has 8 nitrogen and oxygen atoms in total. The van der Waals surface area contributed by atoms with Crippen molar-refractivity contribution in [3.05, 3.63) is 48.3 Å². The first-order chi connectivity index (χ1) is 12.3. The minimum Gasteiger partial charge on any atom is -0.475 e. The van der Waals surface area contributed by atoms with Crippen molar-refractivity contribution in [2.24, 2.45) is 0 Å². The number of aromatic nitrogens is 4. The Morgan fingerprint density at radius 1 is 1.36 bits per heavy atom. The van der Waals surface area contributed by atoms with Gasteiger partial charge in [-0.2, -0.15) is 9.50 Å². The van der Waals surface area contributed by atoms with Crippen LogP contribution in [0.5, 0.6) is 5.88 Å². The van der Waals surface area contributed by atoms with E-state index in [-0.39, 0.29) is 18.0 Å². The Balaban J connectivity index is 1.51. The first-order valence-corrected chi connectivity index (χ1v) is 8.11. The summed E-state index contributed by atoms with van der Waals surface area (Å²) >= 11 is 0. The van der Waals surface area contributed by atoms with Gasteiger partial charge in [0, 0.05) is 25.1 Å². The molecule has 3 aromatic rings. The van der Waals surface area contributed by atoms with E-state index in [0.29, 0.717) is 23.7 Å². The molecule has 0 saturated carbocycles. The van der Waals surface area contributed by atoms with Crippen LogP contribution in [0.2, 0.25) is 0 Å². The topological polar surface area (TPSA) is 90.6 Å². The van der Waals surface area contributed by atoms with Crippen LogP contribution < -0.4 is 10.1 Å². The summed E-state index contributed by atoms with van der Waals surface area (Å²) in [5, 5.41) is 6.98. The van der Waals surface area contributed by atoms with Crippen LogP contribution in [0.1, 0.15) is 23.2 Å². The van der Waals surface area contributed by atoms with E-state index < -0.39 is 0 Å². The van der Waals surface area contributed by atoms with Crippen molar-refractivity contribution in [1.82, 2.24) is 19.6 Å². The molecule has 0 bridgehead atoms. The maximum Gasteiger partial charge on any atom is 0.259 e. The van der Waals surface area contributed by atoms with Crippen molar-refractivity contribution in [2.45, 2.75) is 18.9 Å². The zero-order valence-corrected chi connectivity index (χ0v) is 13.5. The van der Waals surface area contributed by atoms with E-state index in [4.69, 9.17) is 9.47 Å². The van der Waals surface area contributed by atoms with E-state index in [1.807, 2.05) is 12.1 Å². The SMILES string of the molecule is O=C(Nc1nc2cccc(OCC3CCCO3)n2n1)c1cccnc1. The second-order valence-corrected chi connectivity index (χ2v) is 5.71. The highest BCUT2D eigenvalue weighted by Gasteiger charge is 2.17. The highest BCUT2D eigenvalue weighted by Crippen LogP contribution is 2.18. The zero-order valence-electron chi connectivity index (χ0n) is 13.5. The lowest BCUT2D eigenvalue weighted by atomic mass is 10.2. The van der Waals surface area contributed by atoms with Gasteiger partial charge in [-0.3, -0.25) is 15.1 Å². The van der Waals surface area contributed by atoms with Crippen LogP contribution in [0, 0.1) is 0 Å². The predicted molar refractivity (Wildman–Crippen MR) is 89.6 cm³/mol. The summed E-state index contributed by atoms with van der Waals surface area (Å²) in [5.74, 6) is 0.454. The second kappa shape index (κ2) is 6.86. The van der Waals surface area contributed by atoms with Crippen LogP contribution in [0.4, 0.5) is 5.95 Å². The average molecular weight is 339 g/mol. The molecule has 128 valence electrons. The van der Waals surface area contributed by atoms with Gasteiger partial charge < -0.3 is 9.47 Å². The van der Waals surface area contributed by atoms with Crippen LogP contribution in [-0.2, 0) is 4.74 Å². The number of fused-ring (bicyclic) bond motifs is 1. The van der Waals surface area contributed by atoms with Gasteiger partial charge in [-0.05, 0) is 31.0 Å². The average Bonchev–Trinajstić information content (AvgIpc) is 3.30. The number of pyridine rings is 2. The first kappa shape index (κ1) is 15.5. The number of rotatable bonds is 5. The van der Waals surface area contributed by atoms with E-state index in [1.54, 1.807) is 28.9 Å². The number of ether oxygens (including phenoxy) is 2. The molecule has 1 unspecified atom stereocenters. The van der Waals surface area contributed by atoms with Gasteiger partial charge in [0.2, 0.25) is 11.8 Å². The van der Waals surface area contributed by atoms with Crippen molar-refractivity contribution in [3.63, 3.8) is 0 Å². The van der Waals surface area contributed by atoms with Gasteiger partial charge in [0.1, 0.15) is 6.61 Å². The van der Waals surface area contributed by atoms with Crippen molar-refractivity contribution in [1.29, 1.82) is 0 Å². The minimum absolute atomic E-state index is 0.114. The number of carbonyl (C=O) groups excluding carboxylic acids is 1. The molecule has 4 rings (SSSR count). The lowest BCUT2D eigenvalue weighted by molar-refractivity contribution is 0.0655. The fraction of sp³-hybridized carbons (Fsp3) is 0.294. The molecule has 1 amide bonds. The third-order valence-electron chi connectivity index (χ3n) is 3.92. The molecule has 1 atom stereocenters. The summed E-state index contributed by atoms with van der Waals surface area (Å²) in [7, 11) is 0. The lowest BCUT2D eigenvalue weighted by Gasteiger charge is -2.11. The van der Waals surface area contributed by atoms with Gasteiger partial charge in [0.05, 0.1) is 11.7 Å². The van der Waals surface area contributed by atoms with Gasteiger partial charge in [-0.1, -0.05) is 6.07 Å². The Labute approximate surface area is 143 Å². The summed E-state index contributed by atoms with van der Waals surface area (Å²) in [6.07, 6.45) is 5.27. The Morgan fingerprint density at radius 2 is 2.32 bits per heavy atom. The Morgan fingerprint density at radius 3 is 3.12 bits per heavy atom. The summed E-state index contributed by atoms with van der Waals surface area (Å²) < 4.78 is 12.9. The summed E-state index contributed by atoms with van der Waals surface area (Å²) in [6.45, 7) is 1.25. The normalized spacial score (nSPS) is 16.9. The van der Waals surface area contributed by atoms with E-state index in [0.717, 1.165) is 19.4 Å². The predicted octanol–water partition coefficient (Wildman–Crippen LogP) is 1.93. The van der Waals surface area contributed by atoms with Crippen LogP contribution in [0.25, 0.3) is 5.65 Å². The van der Waals surface area contributed by atoms with Crippen LogP contribution in [-0.4, -0.2) is 44.8 Å². The van der Waals surface area contributed by atoms with Crippen molar-refractivity contribution < 1.29 is 14.3 Å². The number of hydrogen-bond donors (Lipinski definition) is 1. The fourth-order valence-electron chi connectivity index (χ4n) is 2.67. The molecule has 1 aliphatic rings. The van der Waals surface area contributed by atoms with Crippen LogP contribution >= 0.6 is 0 Å². The molecular formula is C17H17N5O3. The number of hydrogen-bond acceptors (Lipinski definition) is 6. The number of nitrogens with one attached hydrogen (secondary N) is 1. The number of carbonyl (C=O) groups is 1. The highest BCUT2D eigenvalue weighted by atomic mass is 16.5. The van der Waals surface area contributed by atoms with Gasteiger partial charge in [0.25, 0.3) is 5.91 Å². The molecule has 8 heteroatoms. The summed E-state index contributed by atoms with van der Waals surface area (Å²) in [5.41, 5.74) is 1.03. The van der Waals surface area contributed by atoms with E-state index >= 15 is 0 Å². The molecule has 1 fully saturated rings. The fourth-order valence-corrected chi connectivity index (χ4v) is 2.67. The van der Waals surface area contributed by atoms with Crippen LogP contribution in [0.15, 0.2) is 42.7 Å². The van der Waals surface area contributed by atoms with Gasteiger partial charge in [0.15, 0.2) is 5.65 Å². The number of amides is 1.